The molecule has 2 unspecified atom stereocenters. The molecule has 9 nitrogen and oxygen atoms in total. The second-order valence-corrected chi connectivity index (χ2v) is 15.0. The van der Waals surface area contributed by atoms with Crippen LogP contribution in [0.25, 0.3) is 0 Å². The minimum absolute atomic E-state index is 0.128. The van der Waals surface area contributed by atoms with E-state index in [-0.39, 0.29) is 43.3 Å². The monoisotopic (exact) mass is 661 g/mol. The van der Waals surface area contributed by atoms with Crippen molar-refractivity contribution in [2.75, 3.05) is 43.2 Å². The lowest BCUT2D eigenvalue weighted by atomic mass is 9.66. The van der Waals surface area contributed by atoms with E-state index in [9.17, 15) is 19.5 Å². The van der Waals surface area contributed by atoms with Crippen molar-refractivity contribution in [2.45, 2.75) is 62.1 Å². The second kappa shape index (κ2) is 13.8. The van der Waals surface area contributed by atoms with E-state index in [0.717, 1.165) is 0 Å². The summed E-state index contributed by atoms with van der Waals surface area (Å²) in [7, 11) is 1.59. The smallest absolute Gasteiger partial charge is 0.251 e. The lowest BCUT2D eigenvalue weighted by Crippen LogP contribution is -2.58. The highest BCUT2D eigenvalue weighted by atomic mass is 32.2. The number of rotatable bonds is 14. The van der Waals surface area contributed by atoms with Gasteiger partial charge >= 0.3 is 0 Å². The predicted molar refractivity (Wildman–Crippen MR) is 187 cm³/mol. The number of hydrogen-bond donors (Lipinski definition) is 1. The molecule has 6 atom stereocenters. The Hall–Kier alpha value is -3.76. The summed E-state index contributed by atoms with van der Waals surface area (Å²) < 4.78 is 9.54. The number of likely N-dealkylation sites (tertiary alicyclic amines) is 1. The largest absolute Gasteiger partial charge is 0.497 e. The van der Waals surface area contributed by atoms with Gasteiger partial charge in [0.1, 0.15) is 17.5 Å². The molecule has 3 aliphatic heterocycles. The molecule has 2 bridgehead atoms. The maximum absolute atomic E-state index is 15.0. The molecule has 3 amide bonds. The predicted octanol–water partition coefficient (Wildman–Crippen LogP) is 5.33. The molecular weight excluding hydrogens is 614 g/mol. The summed E-state index contributed by atoms with van der Waals surface area (Å²) >= 11 is 1.62. The van der Waals surface area contributed by atoms with Gasteiger partial charge < -0.3 is 29.3 Å². The molecule has 2 aromatic rings. The van der Waals surface area contributed by atoms with E-state index >= 15 is 0 Å². The van der Waals surface area contributed by atoms with Crippen LogP contribution in [0.15, 0.2) is 73.8 Å². The Kier molecular flexibility index (Phi) is 10.1. The van der Waals surface area contributed by atoms with Gasteiger partial charge in [0.2, 0.25) is 11.8 Å². The number of nitrogens with zero attached hydrogens (tertiary/aromatic N) is 3. The molecule has 3 saturated heterocycles. The molecule has 252 valence electrons. The molecule has 3 heterocycles. The van der Waals surface area contributed by atoms with Gasteiger partial charge in [0.05, 0.1) is 42.9 Å². The third-order valence-corrected chi connectivity index (χ3v) is 12.0. The summed E-state index contributed by atoms with van der Waals surface area (Å²) in [5.74, 6) is -0.842. The van der Waals surface area contributed by atoms with Crippen molar-refractivity contribution in [1.29, 1.82) is 0 Å². The highest BCUT2D eigenvalue weighted by Gasteiger charge is 2.78. The number of amides is 3. The Morgan fingerprint density at radius 1 is 1.00 bits per heavy atom. The molecule has 0 radical (unpaired) electrons. The summed E-state index contributed by atoms with van der Waals surface area (Å²) in [6, 6.07) is 13.1. The summed E-state index contributed by atoms with van der Waals surface area (Å²) in [4.78, 5) is 49.6. The summed E-state index contributed by atoms with van der Waals surface area (Å²) in [5, 5.41) is 10.7. The zero-order chi connectivity index (χ0) is 34.1. The van der Waals surface area contributed by atoms with Crippen LogP contribution < -0.4 is 19.3 Å². The van der Waals surface area contributed by atoms with Crippen molar-refractivity contribution >= 4 is 40.9 Å². The lowest BCUT2D eigenvalue weighted by Gasteiger charge is -2.40. The molecule has 5 rings (SSSR count). The number of aliphatic hydroxyl groups is 1. The minimum atomic E-state index is -0.885. The lowest BCUT2D eigenvalue weighted by molar-refractivity contribution is -0.143. The highest BCUT2D eigenvalue weighted by molar-refractivity contribution is 8.02. The number of carbonyl (C=O) groups excluding carboxylic acids is 3. The molecule has 3 fully saturated rings. The number of fused-ring (bicyclic) bond motifs is 1. The minimum Gasteiger partial charge on any atom is -0.497 e. The van der Waals surface area contributed by atoms with E-state index in [2.05, 4.69) is 20.1 Å². The Balaban J connectivity index is 1.60. The zero-order valence-corrected chi connectivity index (χ0v) is 28.9. The number of anilines is 2. The Morgan fingerprint density at radius 2 is 1.55 bits per heavy atom. The summed E-state index contributed by atoms with van der Waals surface area (Å²) in [6.07, 6.45) is 4.63. The Morgan fingerprint density at radius 3 is 2.04 bits per heavy atom. The van der Waals surface area contributed by atoms with E-state index in [0.29, 0.717) is 42.3 Å². The van der Waals surface area contributed by atoms with E-state index < -0.39 is 33.4 Å². The number of thioether (sulfide) groups is 1. The first-order chi connectivity index (χ1) is 22.5. The van der Waals surface area contributed by atoms with Crippen LogP contribution in [0.1, 0.15) is 40.5 Å². The van der Waals surface area contributed by atoms with Crippen molar-refractivity contribution in [1.82, 2.24) is 4.90 Å². The third kappa shape index (κ3) is 5.84. The number of hydrogen-bond acceptors (Lipinski definition) is 7. The van der Waals surface area contributed by atoms with E-state index in [4.69, 9.17) is 9.47 Å². The number of ether oxygens (including phenoxy) is 2. The quantitative estimate of drug-likeness (QED) is 0.273. The van der Waals surface area contributed by atoms with Crippen LogP contribution in [-0.2, 0) is 14.4 Å². The molecular formula is C37H47N3O6S. The number of benzene rings is 2. The normalized spacial score (nSPS) is 26.6. The van der Waals surface area contributed by atoms with Crippen molar-refractivity contribution in [3.8, 4) is 11.5 Å². The van der Waals surface area contributed by atoms with Gasteiger partial charge in [0.25, 0.3) is 5.91 Å². The first-order valence-electron chi connectivity index (χ1n) is 16.4. The molecule has 0 saturated carbocycles. The van der Waals surface area contributed by atoms with Crippen molar-refractivity contribution in [2.24, 2.45) is 17.8 Å². The van der Waals surface area contributed by atoms with Crippen LogP contribution in [0.5, 0.6) is 11.5 Å². The fourth-order valence-corrected chi connectivity index (χ4v) is 10.2. The molecule has 0 aromatic heterocycles. The van der Waals surface area contributed by atoms with Gasteiger partial charge in [0.15, 0.2) is 0 Å². The SMILES string of the molecule is C=CCN(C(=O)C1N([C@@H](CO)C(C)C)C(=O)[C@@H]2[C@@H](C(=O)N(CC=C)c3ccc(OCC)cc3)[C@@]3(C)CCC12S3)c1ccc(OC)cc1. The van der Waals surface area contributed by atoms with Crippen LogP contribution in [0.4, 0.5) is 11.4 Å². The van der Waals surface area contributed by atoms with Gasteiger partial charge in [-0.05, 0) is 81.1 Å². The highest BCUT2D eigenvalue weighted by Crippen LogP contribution is 2.72. The number of methoxy groups -OCH3 is 1. The maximum atomic E-state index is 15.0. The molecule has 0 aliphatic carbocycles. The van der Waals surface area contributed by atoms with Crippen molar-refractivity contribution in [3.05, 3.63) is 73.8 Å². The fraction of sp³-hybridized carbons (Fsp3) is 0.486. The van der Waals surface area contributed by atoms with Gasteiger partial charge in [-0.15, -0.1) is 24.9 Å². The van der Waals surface area contributed by atoms with Crippen LogP contribution >= 0.6 is 11.8 Å². The molecule has 1 spiro atoms. The fourth-order valence-electron chi connectivity index (χ4n) is 7.87. The first-order valence-corrected chi connectivity index (χ1v) is 17.2. The van der Waals surface area contributed by atoms with Crippen LogP contribution in [-0.4, -0.2) is 82.7 Å². The topological polar surface area (TPSA) is 99.6 Å². The van der Waals surface area contributed by atoms with Crippen LogP contribution in [0, 0.1) is 17.8 Å². The molecule has 47 heavy (non-hydrogen) atoms. The zero-order valence-electron chi connectivity index (χ0n) is 28.1. The van der Waals surface area contributed by atoms with Crippen molar-refractivity contribution < 1.29 is 29.0 Å². The average Bonchev–Trinajstić information content (AvgIpc) is 3.63. The van der Waals surface area contributed by atoms with Gasteiger partial charge in [-0.1, -0.05) is 26.0 Å². The Labute approximate surface area is 282 Å². The molecule has 2 aromatic carbocycles. The van der Waals surface area contributed by atoms with Crippen LogP contribution in [0.3, 0.4) is 0 Å². The summed E-state index contributed by atoms with van der Waals surface area (Å²) in [5.41, 5.74) is 1.34. The molecule has 1 N–H and O–H groups in total. The second-order valence-electron chi connectivity index (χ2n) is 13.1. The average molecular weight is 662 g/mol. The summed E-state index contributed by atoms with van der Waals surface area (Å²) in [6.45, 7) is 16.4. The molecule has 10 heteroatoms. The molecule has 3 aliphatic rings. The third-order valence-electron chi connectivity index (χ3n) is 10.0. The maximum Gasteiger partial charge on any atom is 0.251 e. The first kappa shape index (κ1) is 34.6. The number of carbonyl (C=O) groups is 3. The van der Waals surface area contributed by atoms with Crippen LogP contribution in [0.2, 0.25) is 0 Å². The van der Waals surface area contributed by atoms with Gasteiger partial charge in [-0.2, -0.15) is 0 Å². The van der Waals surface area contributed by atoms with E-state index in [1.807, 2.05) is 57.2 Å². The van der Waals surface area contributed by atoms with Gasteiger partial charge in [0, 0.05) is 29.2 Å². The Bertz CT molecular complexity index is 1500. The van der Waals surface area contributed by atoms with Crippen molar-refractivity contribution in [3.63, 3.8) is 0 Å². The number of aliphatic hydroxyl groups excluding tert-OH is 1. The van der Waals surface area contributed by atoms with Gasteiger partial charge in [-0.25, -0.2) is 0 Å². The van der Waals surface area contributed by atoms with Gasteiger partial charge in [-0.3, -0.25) is 14.4 Å². The van der Waals surface area contributed by atoms with E-state index in [1.165, 1.54) is 0 Å². The van der Waals surface area contributed by atoms with E-state index in [1.54, 1.807) is 57.9 Å². The standard InChI is InChI=1S/C37H47N3O6S/c1-8-21-38(25-13-17-28(18-14-25)46-10-3)33(42)30-31-34(43)40(29(23-41)24(4)5)32(37(31)20-19-36(30,6)47-37)35(44)39(22-9-2)26-11-15-27(45-7)16-12-26/h8-9,11-18,24,29-32,41H,1-2,10,19-23H2,3-7H3/t29-,30-,31-,32?,36+,37?/m0/s1.